The quantitative estimate of drug-likeness (QED) is 0.845. The molecule has 0 aromatic heterocycles. The van der Waals surface area contributed by atoms with Crippen LogP contribution < -0.4 is 5.32 Å². The Morgan fingerprint density at radius 3 is 2.59 bits per heavy atom. The normalized spacial score (nSPS) is 13.5. The molecule has 2 unspecified atom stereocenters. The van der Waals surface area contributed by atoms with Gasteiger partial charge in [-0.1, -0.05) is 50.6 Å². The standard InChI is InChI=1S/C14H18N2O/c1-3-11(2)9-14(17)16-13(10-15)12-7-5-4-6-8-12/h4-8,11,13H,3,9H2,1-2H3,(H,16,17). The highest BCUT2D eigenvalue weighted by molar-refractivity contribution is 5.77. The molecule has 0 spiro atoms. The molecule has 0 aliphatic heterocycles. The predicted molar refractivity (Wildman–Crippen MR) is 67.0 cm³/mol. The fourth-order valence-corrected chi connectivity index (χ4v) is 1.52. The third-order valence-corrected chi connectivity index (χ3v) is 2.80. The van der Waals surface area contributed by atoms with Gasteiger partial charge in [0, 0.05) is 6.42 Å². The number of amides is 1. The van der Waals surface area contributed by atoms with Crippen molar-refractivity contribution in [2.75, 3.05) is 0 Å². The van der Waals surface area contributed by atoms with Crippen LogP contribution in [0.4, 0.5) is 0 Å². The molecule has 90 valence electrons. The van der Waals surface area contributed by atoms with E-state index in [0.29, 0.717) is 12.3 Å². The summed E-state index contributed by atoms with van der Waals surface area (Å²) in [6.45, 7) is 4.08. The molecular weight excluding hydrogens is 212 g/mol. The summed E-state index contributed by atoms with van der Waals surface area (Å²) in [7, 11) is 0. The molecule has 1 N–H and O–H groups in total. The van der Waals surface area contributed by atoms with Gasteiger partial charge < -0.3 is 5.32 Å². The van der Waals surface area contributed by atoms with Gasteiger partial charge in [-0.05, 0) is 11.5 Å². The van der Waals surface area contributed by atoms with Crippen LogP contribution in [0.2, 0.25) is 0 Å². The molecule has 0 saturated carbocycles. The molecule has 1 aromatic carbocycles. The summed E-state index contributed by atoms with van der Waals surface area (Å²) in [6.07, 6.45) is 1.44. The van der Waals surface area contributed by atoms with Crippen LogP contribution >= 0.6 is 0 Å². The number of nitriles is 1. The lowest BCUT2D eigenvalue weighted by molar-refractivity contribution is -0.122. The van der Waals surface area contributed by atoms with Gasteiger partial charge in [0.05, 0.1) is 6.07 Å². The molecule has 0 fully saturated rings. The van der Waals surface area contributed by atoms with E-state index in [-0.39, 0.29) is 5.91 Å². The molecular formula is C14H18N2O. The molecule has 1 rings (SSSR count). The molecule has 0 heterocycles. The molecule has 17 heavy (non-hydrogen) atoms. The van der Waals surface area contributed by atoms with E-state index in [1.165, 1.54) is 0 Å². The van der Waals surface area contributed by atoms with Gasteiger partial charge in [-0.3, -0.25) is 4.79 Å². The first-order valence-electron chi connectivity index (χ1n) is 5.91. The van der Waals surface area contributed by atoms with E-state index in [2.05, 4.69) is 18.3 Å². The second kappa shape index (κ2) is 6.70. The minimum atomic E-state index is -0.548. The number of carbonyl (C=O) groups is 1. The summed E-state index contributed by atoms with van der Waals surface area (Å²) >= 11 is 0. The van der Waals surface area contributed by atoms with Crippen molar-refractivity contribution in [3.8, 4) is 6.07 Å². The molecule has 1 amide bonds. The Balaban J connectivity index is 2.60. The van der Waals surface area contributed by atoms with E-state index in [9.17, 15) is 4.79 Å². The molecule has 0 saturated heterocycles. The Hall–Kier alpha value is -1.82. The zero-order valence-electron chi connectivity index (χ0n) is 10.3. The molecule has 3 nitrogen and oxygen atoms in total. The van der Waals surface area contributed by atoms with Crippen LogP contribution in [0.15, 0.2) is 30.3 Å². The monoisotopic (exact) mass is 230 g/mol. The first-order valence-corrected chi connectivity index (χ1v) is 5.91. The maximum absolute atomic E-state index is 11.7. The zero-order chi connectivity index (χ0) is 12.7. The summed E-state index contributed by atoms with van der Waals surface area (Å²) in [6, 6.07) is 10.9. The van der Waals surface area contributed by atoms with Crippen molar-refractivity contribution in [2.45, 2.75) is 32.7 Å². The van der Waals surface area contributed by atoms with Crippen LogP contribution in [0.3, 0.4) is 0 Å². The number of nitrogens with zero attached hydrogens (tertiary/aromatic N) is 1. The Bertz CT molecular complexity index is 394. The van der Waals surface area contributed by atoms with Gasteiger partial charge >= 0.3 is 0 Å². The number of carbonyl (C=O) groups excluding carboxylic acids is 1. The van der Waals surface area contributed by atoms with Crippen LogP contribution in [-0.4, -0.2) is 5.91 Å². The maximum atomic E-state index is 11.7. The van der Waals surface area contributed by atoms with Gasteiger partial charge in [0.15, 0.2) is 0 Å². The van der Waals surface area contributed by atoms with Crippen molar-refractivity contribution in [3.05, 3.63) is 35.9 Å². The molecule has 3 heteroatoms. The molecule has 0 aliphatic rings. The van der Waals surface area contributed by atoms with E-state index in [0.717, 1.165) is 12.0 Å². The van der Waals surface area contributed by atoms with Crippen molar-refractivity contribution in [3.63, 3.8) is 0 Å². The molecule has 0 bridgehead atoms. The molecule has 0 radical (unpaired) electrons. The smallest absolute Gasteiger partial charge is 0.221 e. The van der Waals surface area contributed by atoms with E-state index in [1.807, 2.05) is 37.3 Å². The predicted octanol–water partition coefficient (Wildman–Crippen LogP) is 2.80. The van der Waals surface area contributed by atoms with Gasteiger partial charge in [-0.25, -0.2) is 0 Å². The lowest BCUT2D eigenvalue weighted by Gasteiger charge is -2.13. The van der Waals surface area contributed by atoms with Gasteiger partial charge in [0.2, 0.25) is 5.91 Å². The fourth-order valence-electron chi connectivity index (χ4n) is 1.52. The van der Waals surface area contributed by atoms with Gasteiger partial charge in [-0.15, -0.1) is 0 Å². The van der Waals surface area contributed by atoms with Crippen LogP contribution in [0, 0.1) is 17.2 Å². The van der Waals surface area contributed by atoms with Crippen molar-refractivity contribution >= 4 is 5.91 Å². The van der Waals surface area contributed by atoms with E-state index >= 15 is 0 Å². The van der Waals surface area contributed by atoms with Gasteiger partial charge in [-0.2, -0.15) is 5.26 Å². The van der Waals surface area contributed by atoms with Crippen molar-refractivity contribution < 1.29 is 4.79 Å². The topological polar surface area (TPSA) is 52.9 Å². The Kier molecular flexibility index (Phi) is 5.22. The minimum absolute atomic E-state index is 0.0604. The number of hydrogen-bond acceptors (Lipinski definition) is 2. The number of nitrogens with one attached hydrogen (secondary N) is 1. The first-order chi connectivity index (χ1) is 8.17. The largest absolute Gasteiger partial charge is 0.337 e. The van der Waals surface area contributed by atoms with Crippen LogP contribution in [0.1, 0.15) is 38.3 Å². The van der Waals surface area contributed by atoms with Gasteiger partial charge in [0.1, 0.15) is 6.04 Å². The zero-order valence-corrected chi connectivity index (χ0v) is 10.3. The van der Waals surface area contributed by atoms with E-state index < -0.39 is 6.04 Å². The van der Waals surface area contributed by atoms with E-state index in [4.69, 9.17) is 5.26 Å². The van der Waals surface area contributed by atoms with Crippen molar-refractivity contribution in [1.82, 2.24) is 5.32 Å². The van der Waals surface area contributed by atoms with Crippen LogP contribution in [0.25, 0.3) is 0 Å². The second-order valence-corrected chi connectivity index (χ2v) is 4.26. The summed E-state index contributed by atoms with van der Waals surface area (Å²) in [5, 5.41) is 11.8. The van der Waals surface area contributed by atoms with E-state index in [1.54, 1.807) is 0 Å². The first kappa shape index (κ1) is 13.2. The third-order valence-electron chi connectivity index (χ3n) is 2.80. The van der Waals surface area contributed by atoms with Gasteiger partial charge in [0.25, 0.3) is 0 Å². The Morgan fingerprint density at radius 2 is 2.06 bits per heavy atom. The lowest BCUT2D eigenvalue weighted by atomic mass is 10.0. The summed E-state index contributed by atoms with van der Waals surface area (Å²) in [5.41, 5.74) is 0.826. The van der Waals surface area contributed by atoms with Crippen molar-refractivity contribution in [2.24, 2.45) is 5.92 Å². The summed E-state index contributed by atoms with van der Waals surface area (Å²) < 4.78 is 0. The van der Waals surface area contributed by atoms with Crippen molar-refractivity contribution in [1.29, 1.82) is 5.26 Å². The third kappa shape index (κ3) is 4.28. The Labute approximate surface area is 102 Å². The lowest BCUT2D eigenvalue weighted by Crippen LogP contribution is -2.28. The Morgan fingerprint density at radius 1 is 1.41 bits per heavy atom. The number of rotatable bonds is 5. The number of benzene rings is 1. The average molecular weight is 230 g/mol. The molecule has 2 atom stereocenters. The molecule has 1 aromatic rings. The second-order valence-electron chi connectivity index (χ2n) is 4.26. The molecule has 0 aliphatic carbocycles. The average Bonchev–Trinajstić information content (AvgIpc) is 2.36. The summed E-state index contributed by atoms with van der Waals surface area (Å²) in [5.74, 6) is 0.292. The summed E-state index contributed by atoms with van der Waals surface area (Å²) in [4.78, 5) is 11.7. The highest BCUT2D eigenvalue weighted by Crippen LogP contribution is 2.13. The highest BCUT2D eigenvalue weighted by atomic mass is 16.1. The fraction of sp³-hybridized carbons (Fsp3) is 0.429. The number of hydrogen-bond donors (Lipinski definition) is 1. The van der Waals surface area contributed by atoms with Crippen LogP contribution in [-0.2, 0) is 4.79 Å². The SMILES string of the molecule is CCC(C)CC(=O)NC(C#N)c1ccccc1. The highest BCUT2D eigenvalue weighted by Gasteiger charge is 2.14. The maximum Gasteiger partial charge on any atom is 0.221 e. The van der Waals surface area contributed by atoms with Crippen LogP contribution in [0.5, 0.6) is 0 Å². The minimum Gasteiger partial charge on any atom is -0.337 e.